The number of thiazole rings is 1. The van der Waals surface area contributed by atoms with Crippen molar-refractivity contribution in [3.63, 3.8) is 0 Å². The van der Waals surface area contributed by atoms with Gasteiger partial charge in [0.1, 0.15) is 0 Å². The molecule has 0 aliphatic rings. The SMILES string of the molecule is Cc1nc2ccc(NC(=O)/C=C/c3ccc(Br)cc3)cc2s1. The molecule has 0 saturated carbocycles. The monoisotopic (exact) mass is 372 g/mol. The Morgan fingerprint density at radius 3 is 2.77 bits per heavy atom. The second-order valence-electron chi connectivity index (χ2n) is 4.79. The number of carbonyl (C=O) groups excluding carboxylic acids is 1. The molecule has 0 radical (unpaired) electrons. The van der Waals surface area contributed by atoms with E-state index < -0.39 is 0 Å². The lowest BCUT2D eigenvalue weighted by Gasteiger charge is -2.01. The Kier molecular flexibility index (Phi) is 4.36. The molecule has 2 aromatic carbocycles. The number of benzene rings is 2. The van der Waals surface area contributed by atoms with Gasteiger partial charge in [0.2, 0.25) is 5.91 Å². The van der Waals surface area contributed by atoms with E-state index in [1.807, 2.05) is 49.4 Å². The molecule has 1 heterocycles. The number of nitrogens with one attached hydrogen (secondary N) is 1. The van der Waals surface area contributed by atoms with E-state index in [2.05, 4.69) is 26.2 Å². The van der Waals surface area contributed by atoms with Crippen LogP contribution in [0.25, 0.3) is 16.3 Å². The number of halogens is 1. The molecule has 0 aliphatic carbocycles. The third-order valence-corrected chi connectivity index (χ3v) is 4.52. The molecule has 3 rings (SSSR count). The molecule has 3 nitrogen and oxygen atoms in total. The van der Waals surface area contributed by atoms with Crippen molar-refractivity contribution in [3.8, 4) is 0 Å². The summed E-state index contributed by atoms with van der Waals surface area (Å²) in [6.45, 7) is 1.98. The zero-order valence-electron chi connectivity index (χ0n) is 11.8. The maximum atomic E-state index is 12.0. The normalized spacial score (nSPS) is 11.2. The maximum Gasteiger partial charge on any atom is 0.248 e. The highest BCUT2D eigenvalue weighted by Crippen LogP contribution is 2.24. The van der Waals surface area contributed by atoms with E-state index in [0.29, 0.717) is 0 Å². The highest BCUT2D eigenvalue weighted by atomic mass is 79.9. The zero-order valence-corrected chi connectivity index (χ0v) is 14.2. The number of rotatable bonds is 3. The summed E-state index contributed by atoms with van der Waals surface area (Å²) in [6.07, 6.45) is 3.32. The van der Waals surface area contributed by atoms with Crippen LogP contribution in [0.15, 0.2) is 53.0 Å². The minimum Gasteiger partial charge on any atom is -0.322 e. The third-order valence-electron chi connectivity index (χ3n) is 3.06. The predicted octanol–water partition coefficient (Wildman–Crippen LogP) is 5.02. The van der Waals surface area contributed by atoms with Crippen LogP contribution < -0.4 is 5.32 Å². The molecule has 5 heteroatoms. The number of anilines is 1. The van der Waals surface area contributed by atoms with Crippen LogP contribution in [0.2, 0.25) is 0 Å². The first-order chi connectivity index (χ1) is 10.6. The topological polar surface area (TPSA) is 42.0 Å². The number of nitrogens with zero attached hydrogens (tertiary/aromatic N) is 1. The molecular weight excluding hydrogens is 360 g/mol. The molecule has 0 aliphatic heterocycles. The summed E-state index contributed by atoms with van der Waals surface area (Å²) >= 11 is 5.00. The van der Waals surface area contributed by atoms with E-state index in [1.165, 1.54) is 6.08 Å². The summed E-state index contributed by atoms with van der Waals surface area (Å²) in [5.41, 5.74) is 2.72. The van der Waals surface area contributed by atoms with Crippen LogP contribution in [0.4, 0.5) is 5.69 Å². The summed E-state index contributed by atoms with van der Waals surface area (Å²) in [4.78, 5) is 16.4. The Labute approximate surface area is 140 Å². The molecule has 1 aromatic heterocycles. The van der Waals surface area contributed by atoms with Crippen molar-refractivity contribution in [2.75, 3.05) is 5.32 Å². The van der Waals surface area contributed by atoms with Crippen LogP contribution in [0.3, 0.4) is 0 Å². The fraction of sp³-hybridized carbons (Fsp3) is 0.0588. The average molecular weight is 373 g/mol. The molecule has 0 bridgehead atoms. The summed E-state index contributed by atoms with van der Waals surface area (Å²) in [5.74, 6) is -0.150. The number of hydrogen-bond acceptors (Lipinski definition) is 3. The largest absolute Gasteiger partial charge is 0.322 e. The number of carbonyl (C=O) groups is 1. The van der Waals surface area contributed by atoms with E-state index in [0.717, 1.165) is 30.9 Å². The van der Waals surface area contributed by atoms with Gasteiger partial charge in [0.25, 0.3) is 0 Å². The smallest absolute Gasteiger partial charge is 0.248 e. The van der Waals surface area contributed by atoms with Crippen LogP contribution >= 0.6 is 27.3 Å². The van der Waals surface area contributed by atoms with E-state index in [1.54, 1.807) is 17.4 Å². The fourth-order valence-corrected chi connectivity index (χ4v) is 3.18. The number of hydrogen-bond donors (Lipinski definition) is 1. The van der Waals surface area contributed by atoms with Gasteiger partial charge >= 0.3 is 0 Å². The van der Waals surface area contributed by atoms with Gasteiger partial charge in [-0.25, -0.2) is 4.98 Å². The summed E-state index contributed by atoms with van der Waals surface area (Å²) in [6, 6.07) is 13.5. The van der Waals surface area contributed by atoms with Gasteiger partial charge in [-0.2, -0.15) is 0 Å². The van der Waals surface area contributed by atoms with Crippen molar-refractivity contribution >= 4 is 55.2 Å². The van der Waals surface area contributed by atoms with Crippen molar-refractivity contribution in [1.29, 1.82) is 0 Å². The van der Waals surface area contributed by atoms with Crippen LogP contribution in [0.1, 0.15) is 10.6 Å². The van der Waals surface area contributed by atoms with E-state index in [9.17, 15) is 4.79 Å². The highest BCUT2D eigenvalue weighted by molar-refractivity contribution is 9.10. The van der Waals surface area contributed by atoms with Crippen LogP contribution in [-0.2, 0) is 4.79 Å². The number of aromatic nitrogens is 1. The van der Waals surface area contributed by atoms with Gasteiger partial charge in [-0.15, -0.1) is 11.3 Å². The predicted molar refractivity (Wildman–Crippen MR) is 96.2 cm³/mol. The third kappa shape index (κ3) is 3.61. The second kappa shape index (κ2) is 6.42. The molecule has 0 atom stereocenters. The van der Waals surface area contributed by atoms with Crippen LogP contribution in [0, 0.1) is 6.92 Å². The first-order valence-electron chi connectivity index (χ1n) is 6.72. The van der Waals surface area contributed by atoms with E-state index >= 15 is 0 Å². The van der Waals surface area contributed by atoms with E-state index in [4.69, 9.17) is 0 Å². The van der Waals surface area contributed by atoms with Crippen molar-refractivity contribution in [3.05, 3.63) is 63.6 Å². The molecule has 1 amide bonds. The Hall–Kier alpha value is -1.98. The lowest BCUT2D eigenvalue weighted by atomic mass is 10.2. The number of aryl methyl sites for hydroxylation is 1. The van der Waals surface area contributed by atoms with Gasteiger partial charge in [0.15, 0.2) is 0 Å². The molecule has 3 aromatic rings. The van der Waals surface area contributed by atoms with E-state index in [-0.39, 0.29) is 5.91 Å². The molecule has 110 valence electrons. The van der Waals surface area contributed by atoms with Crippen molar-refractivity contribution in [2.24, 2.45) is 0 Å². The quantitative estimate of drug-likeness (QED) is 0.655. The van der Waals surface area contributed by atoms with Crippen molar-refractivity contribution in [2.45, 2.75) is 6.92 Å². The Balaban J connectivity index is 1.70. The van der Waals surface area contributed by atoms with Crippen LogP contribution in [-0.4, -0.2) is 10.9 Å². The zero-order chi connectivity index (χ0) is 15.5. The molecule has 22 heavy (non-hydrogen) atoms. The molecular formula is C17H13BrN2OS. The minimum absolute atomic E-state index is 0.150. The van der Waals surface area contributed by atoms with Crippen LogP contribution in [0.5, 0.6) is 0 Å². The fourth-order valence-electron chi connectivity index (χ4n) is 2.05. The number of fused-ring (bicyclic) bond motifs is 1. The van der Waals surface area contributed by atoms with Crippen molar-refractivity contribution in [1.82, 2.24) is 4.98 Å². The molecule has 0 spiro atoms. The average Bonchev–Trinajstić information content (AvgIpc) is 2.86. The Morgan fingerprint density at radius 1 is 1.23 bits per heavy atom. The lowest BCUT2D eigenvalue weighted by molar-refractivity contribution is -0.111. The first-order valence-corrected chi connectivity index (χ1v) is 8.33. The Morgan fingerprint density at radius 2 is 2.00 bits per heavy atom. The molecule has 1 N–H and O–H groups in total. The Bertz CT molecular complexity index is 853. The van der Waals surface area contributed by atoms with Gasteiger partial charge in [-0.1, -0.05) is 28.1 Å². The minimum atomic E-state index is -0.150. The second-order valence-corrected chi connectivity index (χ2v) is 6.94. The standard InChI is InChI=1S/C17H13BrN2OS/c1-11-19-15-8-7-14(10-16(15)22-11)20-17(21)9-4-12-2-5-13(18)6-3-12/h2-10H,1H3,(H,20,21)/b9-4+. The number of amides is 1. The molecule has 0 saturated heterocycles. The summed E-state index contributed by atoms with van der Waals surface area (Å²) < 4.78 is 2.09. The molecule has 0 fully saturated rings. The van der Waals surface area contributed by atoms with Gasteiger partial charge < -0.3 is 5.32 Å². The van der Waals surface area contributed by atoms with Gasteiger partial charge in [0.05, 0.1) is 15.2 Å². The maximum absolute atomic E-state index is 12.0. The lowest BCUT2D eigenvalue weighted by Crippen LogP contribution is -2.07. The van der Waals surface area contributed by atoms with Gasteiger partial charge in [0, 0.05) is 16.2 Å². The van der Waals surface area contributed by atoms with Gasteiger partial charge in [-0.3, -0.25) is 4.79 Å². The van der Waals surface area contributed by atoms with Gasteiger partial charge in [-0.05, 0) is 48.9 Å². The first kappa shape index (κ1) is 14.9. The summed E-state index contributed by atoms with van der Waals surface area (Å²) in [7, 11) is 0. The highest BCUT2D eigenvalue weighted by Gasteiger charge is 2.03. The molecule has 0 unspecified atom stereocenters. The summed E-state index contributed by atoms with van der Waals surface area (Å²) in [5, 5.41) is 3.89. The van der Waals surface area contributed by atoms with Crippen molar-refractivity contribution < 1.29 is 4.79 Å².